The van der Waals surface area contributed by atoms with Gasteiger partial charge in [-0.15, -0.1) is 0 Å². The van der Waals surface area contributed by atoms with E-state index in [4.69, 9.17) is 5.39 Å². The first-order valence-corrected chi connectivity index (χ1v) is 4.18. The van der Waals surface area contributed by atoms with E-state index in [2.05, 4.69) is 11.9 Å². The van der Waals surface area contributed by atoms with Gasteiger partial charge in [0.25, 0.3) is 0 Å². The standard InChI is InChI=1S/C8H9N2.BF4/c1-2-7-4-3-5-8(6-7)10-9;2-1(3,4)5/h3-6H,2H2,1H3;/q+1;-1. The number of hydrogen-bond donors (Lipinski definition) is 0. The highest BCUT2D eigenvalue weighted by Gasteiger charge is 2.20. The molecule has 0 radical (unpaired) electrons. The number of hydrogen-bond acceptors (Lipinski definition) is 1. The second-order valence-electron chi connectivity index (χ2n) is 2.62. The minimum Gasteiger partial charge on any atom is -0.418 e. The van der Waals surface area contributed by atoms with E-state index in [1.54, 1.807) is 6.07 Å². The topological polar surface area (TPSA) is 28.1 Å². The van der Waals surface area contributed by atoms with Crippen molar-refractivity contribution < 1.29 is 17.3 Å². The van der Waals surface area contributed by atoms with Crippen molar-refractivity contribution in [1.82, 2.24) is 0 Å². The largest absolute Gasteiger partial charge is 0.673 e. The fourth-order valence-corrected chi connectivity index (χ4v) is 0.839. The van der Waals surface area contributed by atoms with Crippen molar-refractivity contribution in [3.05, 3.63) is 34.8 Å². The van der Waals surface area contributed by atoms with E-state index < -0.39 is 7.25 Å². The molecule has 15 heavy (non-hydrogen) atoms. The van der Waals surface area contributed by atoms with Gasteiger partial charge in [-0.3, -0.25) is 0 Å². The van der Waals surface area contributed by atoms with Crippen molar-refractivity contribution in [2.45, 2.75) is 13.3 Å². The first-order chi connectivity index (χ1) is 6.86. The van der Waals surface area contributed by atoms with Crippen LogP contribution >= 0.6 is 0 Å². The van der Waals surface area contributed by atoms with Gasteiger partial charge in [-0.05, 0) is 12.0 Å². The first-order valence-electron chi connectivity index (χ1n) is 4.18. The maximum Gasteiger partial charge on any atom is 0.673 e. The van der Waals surface area contributed by atoms with E-state index in [-0.39, 0.29) is 0 Å². The molecule has 1 aromatic carbocycles. The van der Waals surface area contributed by atoms with Crippen molar-refractivity contribution in [3.63, 3.8) is 0 Å². The lowest BCUT2D eigenvalue weighted by atomic mass is 10.1. The van der Waals surface area contributed by atoms with Crippen molar-refractivity contribution >= 4 is 12.9 Å². The zero-order chi connectivity index (χ0) is 11.9. The molecular formula is C8H9BF4N2. The van der Waals surface area contributed by atoms with Gasteiger partial charge in [0.1, 0.15) is 0 Å². The Morgan fingerprint density at radius 3 is 2.20 bits per heavy atom. The normalized spacial score (nSPS) is 9.87. The van der Waals surface area contributed by atoms with Crippen LogP contribution < -0.4 is 0 Å². The van der Waals surface area contributed by atoms with Crippen LogP contribution in [0.15, 0.2) is 24.3 Å². The minimum absolute atomic E-state index is 0.624. The number of diazo groups is 1. The van der Waals surface area contributed by atoms with Crippen LogP contribution in [0.2, 0.25) is 0 Å². The molecule has 1 aromatic rings. The van der Waals surface area contributed by atoms with Crippen LogP contribution in [0.5, 0.6) is 0 Å². The Hall–Kier alpha value is -1.58. The van der Waals surface area contributed by atoms with Gasteiger partial charge in [0.05, 0.1) is 0 Å². The lowest BCUT2D eigenvalue weighted by Gasteiger charge is -1.94. The van der Waals surface area contributed by atoms with Crippen LogP contribution in [0.1, 0.15) is 12.5 Å². The van der Waals surface area contributed by atoms with Crippen molar-refractivity contribution in [3.8, 4) is 0 Å². The number of benzene rings is 1. The summed E-state index contributed by atoms with van der Waals surface area (Å²) in [6, 6.07) is 7.52. The highest BCUT2D eigenvalue weighted by molar-refractivity contribution is 6.50. The van der Waals surface area contributed by atoms with Crippen LogP contribution in [0.4, 0.5) is 23.0 Å². The van der Waals surface area contributed by atoms with Gasteiger partial charge in [-0.1, -0.05) is 19.1 Å². The molecule has 0 aliphatic carbocycles. The summed E-state index contributed by atoms with van der Waals surface area (Å²) in [7, 11) is -6.00. The third kappa shape index (κ3) is 8.75. The summed E-state index contributed by atoms with van der Waals surface area (Å²) in [6.07, 6.45) is 0.976. The predicted molar refractivity (Wildman–Crippen MR) is 50.8 cm³/mol. The van der Waals surface area contributed by atoms with Gasteiger partial charge in [0, 0.05) is 12.1 Å². The Balaban J connectivity index is 0.000000336. The average molecular weight is 220 g/mol. The van der Waals surface area contributed by atoms with Crippen LogP contribution in [0.3, 0.4) is 0 Å². The fraction of sp³-hybridized carbons (Fsp3) is 0.250. The zero-order valence-electron chi connectivity index (χ0n) is 8.00. The molecule has 0 unspecified atom stereocenters. The third-order valence-electron chi connectivity index (χ3n) is 1.43. The Labute approximate surface area is 84.6 Å². The number of aryl methyl sites for hydroxylation is 1. The summed E-state index contributed by atoms with van der Waals surface area (Å²) in [4.78, 5) is 3.08. The molecule has 0 aromatic heterocycles. The van der Waals surface area contributed by atoms with Gasteiger partial charge in [0.15, 0.2) is 4.98 Å². The SMILES string of the molecule is CCc1cccc([N+]#N)c1.F[B-](F)(F)F. The van der Waals surface area contributed by atoms with Crippen LogP contribution in [0, 0.1) is 5.39 Å². The molecule has 0 fully saturated rings. The summed E-state index contributed by atoms with van der Waals surface area (Å²) in [6.45, 7) is 2.07. The molecule has 7 heteroatoms. The van der Waals surface area contributed by atoms with Crippen LogP contribution in [-0.4, -0.2) is 7.25 Å². The Bertz CT molecular complexity index is 339. The molecule has 0 N–H and O–H groups in total. The molecule has 2 nitrogen and oxygen atoms in total. The quantitative estimate of drug-likeness (QED) is 0.398. The maximum atomic E-state index is 9.75. The molecule has 0 amide bonds. The molecule has 0 heterocycles. The minimum atomic E-state index is -6.00. The number of rotatable bonds is 1. The molecule has 0 bridgehead atoms. The zero-order valence-corrected chi connectivity index (χ0v) is 8.00. The Kier molecular flexibility index (Phi) is 5.38. The summed E-state index contributed by atoms with van der Waals surface area (Å²) >= 11 is 0. The summed E-state index contributed by atoms with van der Waals surface area (Å²) in [5.74, 6) is 0. The highest BCUT2D eigenvalue weighted by Crippen LogP contribution is 2.13. The monoisotopic (exact) mass is 220 g/mol. The van der Waals surface area contributed by atoms with E-state index in [0.717, 1.165) is 6.42 Å². The molecule has 0 aliphatic rings. The molecule has 82 valence electrons. The molecule has 0 saturated carbocycles. The fourth-order valence-electron chi connectivity index (χ4n) is 0.839. The van der Waals surface area contributed by atoms with Crippen molar-refractivity contribution in [2.24, 2.45) is 0 Å². The second-order valence-corrected chi connectivity index (χ2v) is 2.62. The Morgan fingerprint density at radius 2 is 1.80 bits per heavy atom. The molecule has 0 saturated heterocycles. The molecule has 1 rings (SSSR count). The van der Waals surface area contributed by atoms with Crippen molar-refractivity contribution in [1.29, 1.82) is 5.39 Å². The second kappa shape index (κ2) is 6.01. The van der Waals surface area contributed by atoms with Gasteiger partial charge in [0.2, 0.25) is 5.39 Å². The van der Waals surface area contributed by atoms with E-state index in [1.807, 2.05) is 18.2 Å². The van der Waals surface area contributed by atoms with Crippen LogP contribution in [0.25, 0.3) is 4.98 Å². The summed E-state index contributed by atoms with van der Waals surface area (Å²) in [5, 5.41) is 8.38. The molecular weight excluding hydrogens is 211 g/mol. The molecule has 0 aliphatic heterocycles. The Morgan fingerprint density at radius 1 is 1.27 bits per heavy atom. The lowest BCUT2D eigenvalue weighted by Crippen LogP contribution is -2.02. The molecule has 0 atom stereocenters. The van der Waals surface area contributed by atoms with Gasteiger partial charge < -0.3 is 17.3 Å². The predicted octanol–water partition coefficient (Wildman–Crippen LogP) is 4.03. The highest BCUT2D eigenvalue weighted by atomic mass is 19.5. The third-order valence-corrected chi connectivity index (χ3v) is 1.43. The molecule has 0 spiro atoms. The summed E-state index contributed by atoms with van der Waals surface area (Å²) < 4.78 is 39.0. The van der Waals surface area contributed by atoms with Gasteiger partial charge >= 0.3 is 12.9 Å². The smallest absolute Gasteiger partial charge is 0.418 e. The van der Waals surface area contributed by atoms with Crippen molar-refractivity contribution in [2.75, 3.05) is 0 Å². The van der Waals surface area contributed by atoms with Crippen LogP contribution in [-0.2, 0) is 6.42 Å². The number of nitrogens with zero attached hydrogens (tertiary/aromatic N) is 2. The number of halogens is 4. The first kappa shape index (κ1) is 13.4. The van der Waals surface area contributed by atoms with E-state index in [1.165, 1.54) is 5.56 Å². The summed E-state index contributed by atoms with van der Waals surface area (Å²) in [5.41, 5.74) is 1.81. The van der Waals surface area contributed by atoms with E-state index in [9.17, 15) is 17.3 Å². The van der Waals surface area contributed by atoms with Gasteiger partial charge in [-0.2, -0.15) is 0 Å². The van der Waals surface area contributed by atoms with E-state index >= 15 is 0 Å². The maximum absolute atomic E-state index is 9.75. The average Bonchev–Trinajstić information content (AvgIpc) is 2.15. The van der Waals surface area contributed by atoms with E-state index in [0.29, 0.717) is 5.69 Å². The van der Waals surface area contributed by atoms with Gasteiger partial charge in [-0.25, -0.2) is 0 Å². The lowest BCUT2D eigenvalue weighted by molar-refractivity contribution is 0.368.